The first-order valence-corrected chi connectivity index (χ1v) is 8.44. The van der Waals surface area contributed by atoms with Gasteiger partial charge in [0.05, 0.1) is 0 Å². The van der Waals surface area contributed by atoms with E-state index in [4.69, 9.17) is 0 Å². The molecule has 0 heterocycles. The Hall–Kier alpha value is -2.20. The van der Waals surface area contributed by atoms with Gasteiger partial charge >= 0.3 is 0 Å². The fourth-order valence-corrected chi connectivity index (χ4v) is 2.50. The molecular weight excluding hydrogens is 303 g/mol. The number of aryl methyl sites for hydroxylation is 1. The minimum atomic E-state index is -0.207. The van der Waals surface area contributed by atoms with Crippen molar-refractivity contribution in [3.8, 4) is 0 Å². The van der Waals surface area contributed by atoms with E-state index >= 15 is 0 Å². The molecule has 2 aromatic rings. The lowest BCUT2D eigenvalue weighted by Gasteiger charge is -2.13. The number of nitrogens with one attached hydrogen (secondary N) is 2. The Morgan fingerprint density at radius 1 is 1.17 bits per heavy atom. The van der Waals surface area contributed by atoms with Crippen molar-refractivity contribution in [2.75, 3.05) is 11.9 Å². The monoisotopic (exact) mass is 328 g/mol. The number of carbonyl (C=O) groups is 1. The summed E-state index contributed by atoms with van der Waals surface area (Å²) in [6.45, 7) is 5.62. The van der Waals surface area contributed by atoms with E-state index in [1.165, 1.54) is 6.07 Å². The zero-order valence-corrected chi connectivity index (χ0v) is 14.3. The molecule has 1 atom stereocenters. The van der Waals surface area contributed by atoms with Crippen LogP contribution in [0.4, 0.5) is 10.1 Å². The van der Waals surface area contributed by atoms with E-state index in [0.29, 0.717) is 18.4 Å². The van der Waals surface area contributed by atoms with Gasteiger partial charge in [-0.3, -0.25) is 4.79 Å². The Balaban J connectivity index is 1.88. The summed E-state index contributed by atoms with van der Waals surface area (Å²) in [4.78, 5) is 12.3. The summed E-state index contributed by atoms with van der Waals surface area (Å²) in [6, 6.07) is 14.5. The maximum atomic E-state index is 13.6. The van der Waals surface area contributed by atoms with Crippen molar-refractivity contribution in [1.82, 2.24) is 5.32 Å². The third-order valence-electron chi connectivity index (χ3n) is 4.03. The highest BCUT2D eigenvalue weighted by molar-refractivity contribution is 5.92. The van der Waals surface area contributed by atoms with Crippen LogP contribution in [0.2, 0.25) is 0 Å². The van der Waals surface area contributed by atoms with Gasteiger partial charge < -0.3 is 10.6 Å². The molecule has 4 heteroatoms. The van der Waals surface area contributed by atoms with Gasteiger partial charge in [-0.05, 0) is 48.7 Å². The van der Waals surface area contributed by atoms with E-state index in [9.17, 15) is 9.18 Å². The van der Waals surface area contributed by atoms with Crippen LogP contribution < -0.4 is 10.6 Å². The zero-order valence-electron chi connectivity index (χ0n) is 14.3. The van der Waals surface area contributed by atoms with E-state index in [2.05, 4.69) is 17.6 Å². The molecule has 1 unspecified atom stereocenters. The lowest BCUT2D eigenvalue weighted by Crippen LogP contribution is -2.21. The molecule has 0 radical (unpaired) electrons. The van der Waals surface area contributed by atoms with E-state index in [0.717, 1.165) is 24.3 Å². The number of benzene rings is 2. The fourth-order valence-electron chi connectivity index (χ4n) is 2.50. The van der Waals surface area contributed by atoms with Gasteiger partial charge in [-0.2, -0.15) is 0 Å². The van der Waals surface area contributed by atoms with Crippen LogP contribution >= 0.6 is 0 Å². The lowest BCUT2D eigenvalue weighted by atomic mass is 10.00. The van der Waals surface area contributed by atoms with Crippen LogP contribution in [0.1, 0.15) is 31.4 Å². The molecule has 0 fully saturated rings. The molecule has 0 saturated heterocycles. The standard InChI is InChI=1S/C20H25FN2O/c1-3-22-14-16-7-6-9-18(13-16)23-20(24)15(2)11-12-17-8-4-5-10-19(17)21/h4-10,13,15,22H,3,11-12,14H2,1-2H3,(H,23,24). The highest BCUT2D eigenvalue weighted by atomic mass is 19.1. The van der Waals surface area contributed by atoms with Crippen molar-refractivity contribution in [3.63, 3.8) is 0 Å². The van der Waals surface area contributed by atoms with Gasteiger partial charge in [0.15, 0.2) is 0 Å². The summed E-state index contributed by atoms with van der Waals surface area (Å²) in [7, 11) is 0. The van der Waals surface area contributed by atoms with Gasteiger partial charge in [0.25, 0.3) is 0 Å². The minimum absolute atomic E-state index is 0.0352. The predicted molar refractivity (Wildman–Crippen MR) is 96.3 cm³/mol. The number of anilines is 1. The molecule has 3 nitrogen and oxygen atoms in total. The Morgan fingerprint density at radius 3 is 2.71 bits per heavy atom. The zero-order chi connectivity index (χ0) is 17.4. The van der Waals surface area contributed by atoms with E-state index in [-0.39, 0.29) is 17.6 Å². The normalized spacial score (nSPS) is 12.0. The van der Waals surface area contributed by atoms with Crippen LogP contribution in [0.25, 0.3) is 0 Å². The first-order chi connectivity index (χ1) is 11.6. The molecule has 2 N–H and O–H groups in total. The summed E-state index contributed by atoms with van der Waals surface area (Å²) in [5, 5.41) is 6.21. The second kappa shape index (κ2) is 9.18. The summed E-state index contributed by atoms with van der Waals surface area (Å²) < 4.78 is 13.6. The molecular formula is C20H25FN2O. The Kier molecular flexibility index (Phi) is 6.94. The molecule has 24 heavy (non-hydrogen) atoms. The first kappa shape index (κ1) is 18.1. The smallest absolute Gasteiger partial charge is 0.227 e. The van der Waals surface area contributed by atoms with Crippen molar-refractivity contribution in [2.45, 2.75) is 33.2 Å². The molecule has 0 aliphatic heterocycles. The van der Waals surface area contributed by atoms with E-state index in [1.54, 1.807) is 12.1 Å². The lowest BCUT2D eigenvalue weighted by molar-refractivity contribution is -0.119. The Bertz CT molecular complexity index is 672. The van der Waals surface area contributed by atoms with E-state index < -0.39 is 0 Å². The Morgan fingerprint density at radius 2 is 1.96 bits per heavy atom. The average Bonchev–Trinajstić information content (AvgIpc) is 2.59. The molecule has 0 spiro atoms. The number of amides is 1. The van der Waals surface area contributed by atoms with Gasteiger partial charge in [-0.25, -0.2) is 4.39 Å². The number of hydrogen-bond acceptors (Lipinski definition) is 2. The first-order valence-electron chi connectivity index (χ1n) is 8.44. The van der Waals surface area contributed by atoms with Gasteiger partial charge in [0, 0.05) is 18.2 Å². The third kappa shape index (κ3) is 5.46. The number of halogens is 1. The van der Waals surface area contributed by atoms with Crippen molar-refractivity contribution in [3.05, 3.63) is 65.5 Å². The van der Waals surface area contributed by atoms with Crippen molar-refractivity contribution in [2.24, 2.45) is 5.92 Å². The van der Waals surface area contributed by atoms with Crippen LogP contribution in [-0.4, -0.2) is 12.5 Å². The van der Waals surface area contributed by atoms with Crippen LogP contribution in [0.15, 0.2) is 48.5 Å². The fraction of sp³-hybridized carbons (Fsp3) is 0.350. The van der Waals surface area contributed by atoms with Gasteiger partial charge in [0.2, 0.25) is 5.91 Å². The average molecular weight is 328 g/mol. The van der Waals surface area contributed by atoms with Crippen molar-refractivity contribution >= 4 is 11.6 Å². The highest BCUT2D eigenvalue weighted by Crippen LogP contribution is 2.16. The Labute approximate surface area is 143 Å². The molecule has 0 aliphatic carbocycles. The summed E-state index contributed by atoms with van der Waals surface area (Å²) in [6.07, 6.45) is 1.17. The summed E-state index contributed by atoms with van der Waals surface area (Å²) in [5.74, 6) is -0.421. The summed E-state index contributed by atoms with van der Waals surface area (Å²) in [5.41, 5.74) is 2.59. The molecule has 1 amide bonds. The molecule has 0 bridgehead atoms. The number of carbonyl (C=O) groups excluding carboxylic acids is 1. The number of rotatable bonds is 8. The maximum absolute atomic E-state index is 13.6. The van der Waals surface area contributed by atoms with Crippen molar-refractivity contribution in [1.29, 1.82) is 0 Å². The number of hydrogen-bond donors (Lipinski definition) is 2. The van der Waals surface area contributed by atoms with Crippen LogP contribution in [0.5, 0.6) is 0 Å². The molecule has 0 aromatic heterocycles. The molecule has 2 aromatic carbocycles. The second-order valence-electron chi connectivity index (χ2n) is 6.00. The predicted octanol–water partition coefficient (Wildman–Crippen LogP) is 4.14. The molecule has 0 saturated carbocycles. The molecule has 2 rings (SSSR count). The van der Waals surface area contributed by atoms with Crippen molar-refractivity contribution < 1.29 is 9.18 Å². The van der Waals surface area contributed by atoms with E-state index in [1.807, 2.05) is 37.3 Å². The maximum Gasteiger partial charge on any atom is 0.227 e. The van der Waals surface area contributed by atoms with Gasteiger partial charge in [-0.1, -0.05) is 44.2 Å². The van der Waals surface area contributed by atoms with Crippen LogP contribution in [0.3, 0.4) is 0 Å². The molecule has 0 aliphatic rings. The summed E-state index contributed by atoms with van der Waals surface area (Å²) >= 11 is 0. The van der Waals surface area contributed by atoms with Gasteiger partial charge in [0.1, 0.15) is 5.82 Å². The SMILES string of the molecule is CCNCc1cccc(NC(=O)C(C)CCc2ccccc2F)c1. The topological polar surface area (TPSA) is 41.1 Å². The largest absolute Gasteiger partial charge is 0.326 e. The molecule has 128 valence electrons. The quantitative estimate of drug-likeness (QED) is 0.764. The second-order valence-corrected chi connectivity index (χ2v) is 6.00. The van der Waals surface area contributed by atoms with Crippen LogP contribution in [0, 0.1) is 11.7 Å². The van der Waals surface area contributed by atoms with Crippen LogP contribution in [-0.2, 0) is 17.8 Å². The van der Waals surface area contributed by atoms with Gasteiger partial charge in [-0.15, -0.1) is 0 Å². The highest BCUT2D eigenvalue weighted by Gasteiger charge is 2.14. The minimum Gasteiger partial charge on any atom is -0.326 e. The third-order valence-corrected chi connectivity index (χ3v) is 4.03.